The lowest BCUT2D eigenvalue weighted by atomic mass is 10.1. The van der Waals surface area contributed by atoms with Gasteiger partial charge in [0, 0.05) is 13.1 Å². The third-order valence-electron chi connectivity index (χ3n) is 2.64. The predicted octanol–water partition coefficient (Wildman–Crippen LogP) is 1.68. The van der Waals surface area contributed by atoms with E-state index in [4.69, 9.17) is 5.11 Å². The lowest BCUT2D eigenvalue weighted by Crippen LogP contribution is -2.54. The summed E-state index contributed by atoms with van der Waals surface area (Å²) in [5, 5.41) is 11.4. The fraction of sp³-hybridized carbons (Fsp3) is 0.818. The van der Waals surface area contributed by atoms with Crippen LogP contribution in [0.2, 0.25) is 0 Å². The zero-order chi connectivity index (χ0) is 12.9. The highest BCUT2D eigenvalue weighted by Gasteiger charge is 2.30. The molecule has 1 unspecified atom stereocenters. The first kappa shape index (κ1) is 14.7. The van der Waals surface area contributed by atoms with E-state index >= 15 is 0 Å². The van der Waals surface area contributed by atoms with Crippen LogP contribution in [0, 0.1) is 0 Å². The first-order valence-electron chi connectivity index (χ1n) is 5.50. The number of hydrogen-bond donors (Lipinski definition) is 2. The lowest BCUT2D eigenvalue weighted by molar-refractivity contribution is -0.143. The molecule has 0 aliphatic rings. The zero-order valence-corrected chi connectivity index (χ0v) is 10.7. The van der Waals surface area contributed by atoms with Crippen molar-refractivity contribution in [1.82, 2.24) is 10.2 Å². The minimum atomic E-state index is -1.24. The molecular formula is C11H22N2O3. The van der Waals surface area contributed by atoms with E-state index < -0.39 is 11.5 Å². The number of nitrogens with one attached hydrogen (secondary N) is 1. The van der Waals surface area contributed by atoms with Crippen LogP contribution in [0.3, 0.4) is 0 Å². The molecular weight excluding hydrogens is 208 g/mol. The number of nitrogens with zero attached hydrogens (tertiary/aromatic N) is 1. The molecule has 0 bridgehead atoms. The van der Waals surface area contributed by atoms with Crippen LogP contribution in [0.1, 0.15) is 40.5 Å². The number of amides is 2. The van der Waals surface area contributed by atoms with Crippen molar-refractivity contribution in [2.45, 2.75) is 52.1 Å². The van der Waals surface area contributed by atoms with E-state index in [1.54, 1.807) is 7.05 Å². The summed E-state index contributed by atoms with van der Waals surface area (Å²) in [6, 6.07) is -0.247. The quantitative estimate of drug-likeness (QED) is 0.755. The van der Waals surface area contributed by atoms with Gasteiger partial charge in [0.15, 0.2) is 0 Å². The number of carbonyl (C=O) groups is 2. The van der Waals surface area contributed by atoms with E-state index in [2.05, 4.69) is 5.32 Å². The maximum absolute atomic E-state index is 11.7. The number of carboxylic acids is 1. The summed E-state index contributed by atoms with van der Waals surface area (Å²) in [6.45, 7) is 6.91. The van der Waals surface area contributed by atoms with Crippen molar-refractivity contribution in [3.8, 4) is 0 Å². The number of carboxylic acid groups (broad SMARTS) is 1. The van der Waals surface area contributed by atoms with Gasteiger partial charge in [0.25, 0.3) is 0 Å². The molecule has 0 aromatic carbocycles. The van der Waals surface area contributed by atoms with Gasteiger partial charge >= 0.3 is 12.0 Å². The Labute approximate surface area is 96.8 Å². The second-order valence-electron chi connectivity index (χ2n) is 4.61. The molecule has 0 aliphatic carbocycles. The molecule has 2 amide bonds. The summed E-state index contributed by atoms with van der Waals surface area (Å²) < 4.78 is 0. The Bertz CT molecular complexity index is 264. The Hall–Kier alpha value is -1.26. The van der Waals surface area contributed by atoms with E-state index in [1.165, 1.54) is 18.7 Å². The summed E-state index contributed by atoms with van der Waals surface area (Å²) in [5.74, 6) is -1.04. The van der Waals surface area contributed by atoms with Crippen molar-refractivity contribution in [3.05, 3.63) is 0 Å². The Morgan fingerprint density at radius 1 is 1.44 bits per heavy atom. The average molecular weight is 230 g/mol. The molecule has 0 spiro atoms. The first-order valence-corrected chi connectivity index (χ1v) is 5.50. The minimum Gasteiger partial charge on any atom is -0.480 e. The van der Waals surface area contributed by atoms with E-state index in [-0.39, 0.29) is 12.1 Å². The summed E-state index contributed by atoms with van der Waals surface area (Å²) >= 11 is 0. The molecule has 0 rings (SSSR count). The summed E-state index contributed by atoms with van der Waals surface area (Å²) in [5.41, 5.74) is -1.24. The number of aliphatic carboxylic acids is 1. The molecule has 1 atom stereocenters. The molecule has 0 radical (unpaired) electrons. The van der Waals surface area contributed by atoms with Crippen LogP contribution in [-0.2, 0) is 4.79 Å². The standard InChI is InChI=1S/C11H22N2O3/c1-6-7-8(2)13(5)10(16)12-11(3,4)9(14)15/h8H,6-7H2,1-5H3,(H,12,16)(H,14,15). The van der Waals surface area contributed by atoms with Gasteiger partial charge in [-0.3, -0.25) is 0 Å². The van der Waals surface area contributed by atoms with Gasteiger partial charge in [-0.05, 0) is 27.2 Å². The van der Waals surface area contributed by atoms with Crippen LogP contribution in [0.25, 0.3) is 0 Å². The van der Waals surface area contributed by atoms with Crippen molar-refractivity contribution < 1.29 is 14.7 Å². The van der Waals surface area contributed by atoms with Gasteiger partial charge in [-0.1, -0.05) is 13.3 Å². The number of carbonyl (C=O) groups excluding carboxylic acids is 1. The highest BCUT2D eigenvalue weighted by molar-refractivity contribution is 5.85. The van der Waals surface area contributed by atoms with Crippen molar-refractivity contribution in [1.29, 1.82) is 0 Å². The molecule has 16 heavy (non-hydrogen) atoms. The van der Waals surface area contributed by atoms with E-state index in [1.807, 2.05) is 13.8 Å². The van der Waals surface area contributed by atoms with Crippen LogP contribution >= 0.6 is 0 Å². The number of hydrogen-bond acceptors (Lipinski definition) is 2. The van der Waals surface area contributed by atoms with Crippen molar-refractivity contribution in [3.63, 3.8) is 0 Å². The van der Waals surface area contributed by atoms with Crippen LogP contribution in [0.5, 0.6) is 0 Å². The fourth-order valence-corrected chi connectivity index (χ4v) is 1.22. The molecule has 2 N–H and O–H groups in total. The van der Waals surface area contributed by atoms with Crippen molar-refractivity contribution in [2.24, 2.45) is 0 Å². The van der Waals surface area contributed by atoms with Crippen molar-refractivity contribution in [2.75, 3.05) is 7.05 Å². The van der Waals surface area contributed by atoms with E-state index in [0.29, 0.717) is 0 Å². The Morgan fingerprint density at radius 2 is 1.94 bits per heavy atom. The smallest absolute Gasteiger partial charge is 0.328 e. The highest BCUT2D eigenvalue weighted by Crippen LogP contribution is 2.07. The Morgan fingerprint density at radius 3 is 2.31 bits per heavy atom. The maximum atomic E-state index is 11.7. The minimum absolute atomic E-state index is 0.106. The van der Waals surface area contributed by atoms with Crippen LogP contribution in [-0.4, -0.2) is 40.6 Å². The fourth-order valence-electron chi connectivity index (χ4n) is 1.22. The molecule has 0 saturated heterocycles. The number of rotatable bonds is 5. The van der Waals surface area contributed by atoms with Gasteiger partial charge in [-0.25, -0.2) is 9.59 Å². The largest absolute Gasteiger partial charge is 0.480 e. The second kappa shape index (κ2) is 5.72. The topological polar surface area (TPSA) is 69.6 Å². The maximum Gasteiger partial charge on any atom is 0.328 e. The number of urea groups is 1. The zero-order valence-electron chi connectivity index (χ0n) is 10.7. The molecule has 0 saturated carbocycles. The van der Waals surface area contributed by atoms with Gasteiger partial charge in [0.05, 0.1) is 0 Å². The molecule has 0 aromatic rings. The van der Waals surface area contributed by atoms with Crippen molar-refractivity contribution >= 4 is 12.0 Å². The second-order valence-corrected chi connectivity index (χ2v) is 4.61. The highest BCUT2D eigenvalue weighted by atomic mass is 16.4. The van der Waals surface area contributed by atoms with Crippen LogP contribution in [0.15, 0.2) is 0 Å². The van der Waals surface area contributed by atoms with Crippen LogP contribution in [0.4, 0.5) is 4.79 Å². The molecule has 0 aliphatic heterocycles. The SMILES string of the molecule is CCCC(C)N(C)C(=O)NC(C)(C)C(=O)O. The summed E-state index contributed by atoms with van der Waals surface area (Å²) in [4.78, 5) is 24.1. The Kier molecular flexibility index (Phi) is 5.27. The molecule has 5 heteroatoms. The molecule has 0 fully saturated rings. The van der Waals surface area contributed by atoms with E-state index in [9.17, 15) is 9.59 Å². The first-order chi connectivity index (χ1) is 7.22. The summed E-state index contributed by atoms with van der Waals surface area (Å²) in [7, 11) is 1.67. The van der Waals surface area contributed by atoms with Gasteiger partial charge in [0.1, 0.15) is 5.54 Å². The third-order valence-corrected chi connectivity index (χ3v) is 2.64. The van der Waals surface area contributed by atoms with Gasteiger partial charge < -0.3 is 15.3 Å². The molecule has 0 heterocycles. The normalized spacial score (nSPS) is 13.1. The summed E-state index contributed by atoms with van der Waals surface area (Å²) in [6.07, 6.45) is 1.89. The van der Waals surface area contributed by atoms with Crippen LogP contribution < -0.4 is 5.32 Å². The average Bonchev–Trinajstić information content (AvgIpc) is 2.15. The predicted molar refractivity (Wildman–Crippen MR) is 62.4 cm³/mol. The van der Waals surface area contributed by atoms with Gasteiger partial charge in [0.2, 0.25) is 0 Å². The molecule has 0 aromatic heterocycles. The van der Waals surface area contributed by atoms with E-state index in [0.717, 1.165) is 12.8 Å². The Balaban J connectivity index is 4.41. The lowest BCUT2D eigenvalue weighted by Gasteiger charge is -2.29. The molecule has 5 nitrogen and oxygen atoms in total. The van der Waals surface area contributed by atoms with Gasteiger partial charge in [-0.2, -0.15) is 0 Å². The monoisotopic (exact) mass is 230 g/mol. The third kappa shape index (κ3) is 4.08. The molecule has 94 valence electrons. The van der Waals surface area contributed by atoms with Gasteiger partial charge in [-0.15, -0.1) is 0 Å².